The van der Waals surface area contributed by atoms with Crippen LogP contribution in [0.2, 0.25) is 0 Å². The molecule has 84 valence electrons. The van der Waals surface area contributed by atoms with Crippen LogP contribution < -0.4 is 4.72 Å². The first-order valence-electron chi connectivity index (χ1n) is 4.79. The predicted molar refractivity (Wildman–Crippen MR) is 60.7 cm³/mol. The first-order chi connectivity index (χ1) is 6.12. The second kappa shape index (κ2) is 4.45. The fourth-order valence-electron chi connectivity index (χ4n) is 0.896. The van der Waals surface area contributed by atoms with Crippen LogP contribution in [0.1, 0.15) is 41.0 Å². The Bertz CT molecular complexity index is 299. The monoisotopic (exact) mass is 219 g/mol. The maximum Gasteiger partial charge on any atom is 0.217 e. The summed E-state index contributed by atoms with van der Waals surface area (Å²) in [6.07, 6.45) is 0.727. The maximum absolute atomic E-state index is 11.8. The molecule has 0 aliphatic rings. The quantitative estimate of drug-likeness (QED) is 0.736. The SMILES string of the molecule is C=C(C)C(CC)NS(=O)(=O)C(C)(C)C. The molecule has 0 rings (SSSR count). The van der Waals surface area contributed by atoms with Gasteiger partial charge in [0.25, 0.3) is 0 Å². The Balaban J connectivity index is 4.75. The molecule has 1 unspecified atom stereocenters. The van der Waals surface area contributed by atoms with Gasteiger partial charge in [0.2, 0.25) is 10.0 Å². The van der Waals surface area contributed by atoms with Gasteiger partial charge in [-0.3, -0.25) is 0 Å². The van der Waals surface area contributed by atoms with Gasteiger partial charge in [0.05, 0.1) is 4.75 Å². The zero-order valence-electron chi connectivity index (χ0n) is 9.72. The van der Waals surface area contributed by atoms with Gasteiger partial charge in [-0.1, -0.05) is 19.1 Å². The molecule has 0 bridgehead atoms. The van der Waals surface area contributed by atoms with Gasteiger partial charge in [0.15, 0.2) is 0 Å². The Morgan fingerprint density at radius 3 is 2.07 bits per heavy atom. The average Bonchev–Trinajstić information content (AvgIpc) is 1.97. The van der Waals surface area contributed by atoms with Crippen LogP contribution in [0.25, 0.3) is 0 Å². The summed E-state index contributed by atoms with van der Waals surface area (Å²) in [5.74, 6) is 0. The largest absolute Gasteiger partial charge is 0.217 e. The third kappa shape index (κ3) is 3.42. The van der Waals surface area contributed by atoms with Crippen molar-refractivity contribution in [2.45, 2.75) is 51.8 Å². The van der Waals surface area contributed by atoms with Crippen molar-refractivity contribution in [3.8, 4) is 0 Å². The Hall–Kier alpha value is -0.350. The molecule has 0 aliphatic heterocycles. The van der Waals surface area contributed by atoms with Crippen LogP contribution in [0.4, 0.5) is 0 Å². The highest BCUT2D eigenvalue weighted by Gasteiger charge is 2.30. The molecule has 3 nitrogen and oxygen atoms in total. The van der Waals surface area contributed by atoms with E-state index >= 15 is 0 Å². The number of hydrogen-bond donors (Lipinski definition) is 1. The molecule has 0 fully saturated rings. The molecule has 0 aromatic heterocycles. The average molecular weight is 219 g/mol. The van der Waals surface area contributed by atoms with Gasteiger partial charge in [-0.05, 0) is 34.1 Å². The van der Waals surface area contributed by atoms with Crippen molar-refractivity contribution >= 4 is 10.0 Å². The summed E-state index contributed by atoms with van der Waals surface area (Å²) in [5, 5.41) is 0. The van der Waals surface area contributed by atoms with Crippen molar-refractivity contribution < 1.29 is 8.42 Å². The molecule has 0 spiro atoms. The lowest BCUT2D eigenvalue weighted by Gasteiger charge is -2.24. The standard InChI is InChI=1S/C10H21NO2S/c1-7-9(8(2)3)11-14(12,13)10(4,5)6/h9,11H,2,7H2,1,3-6H3. The van der Waals surface area contributed by atoms with Gasteiger partial charge in [0, 0.05) is 6.04 Å². The van der Waals surface area contributed by atoms with Crippen LogP contribution in [-0.2, 0) is 10.0 Å². The number of rotatable bonds is 4. The van der Waals surface area contributed by atoms with Gasteiger partial charge in [-0.15, -0.1) is 0 Å². The second-order valence-electron chi connectivity index (χ2n) is 4.54. The first kappa shape index (κ1) is 13.7. The Morgan fingerprint density at radius 2 is 1.86 bits per heavy atom. The van der Waals surface area contributed by atoms with E-state index in [0.29, 0.717) is 0 Å². The van der Waals surface area contributed by atoms with Crippen molar-refractivity contribution in [1.29, 1.82) is 0 Å². The van der Waals surface area contributed by atoms with E-state index in [0.717, 1.165) is 12.0 Å². The van der Waals surface area contributed by atoms with E-state index in [1.807, 2.05) is 13.8 Å². The molecule has 0 saturated heterocycles. The van der Waals surface area contributed by atoms with Crippen LogP contribution in [0, 0.1) is 0 Å². The van der Waals surface area contributed by atoms with E-state index in [1.165, 1.54) is 0 Å². The number of sulfonamides is 1. The normalized spacial score (nSPS) is 15.2. The van der Waals surface area contributed by atoms with E-state index in [2.05, 4.69) is 11.3 Å². The minimum atomic E-state index is -3.26. The lowest BCUT2D eigenvalue weighted by molar-refractivity contribution is 0.529. The lowest BCUT2D eigenvalue weighted by atomic mass is 10.1. The van der Waals surface area contributed by atoms with Crippen molar-refractivity contribution in [1.82, 2.24) is 4.72 Å². The molecular weight excluding hydrogens is 198 g/mol. The van der Waals surface area contributed by atoms with Gasteiger partial charge in [-0.2, -0.15) is 0 Å². The molecule has 0 amide bonds. The van der Waals surface area contributed by atoms with Crippen LogP contribution in [-0.4, -0.2) is 19.2 Å². The molecule has 0 radical (unpaired) electrons. The summed E-state index contributed by atoms with van der Waals surface area (Å²) in [6.45, 7) is 12.6. The zero-order valence-corrected chi connectivity index (χ0v) is 10.5. The second-order valence-corrected chi connectivity index (χ2v) is 7.01. The summed E-state index contributed by atoms with van der Waals surface area (Å²) < 4.78 is 25.4. The lowest BCUT2D eigenvalue weighted by Crippen LogP contribution is -2.44. The van der Waals surface area contributed by atoms with Crippen LogP contribution >= 0.6 is 0 Å². The Labute approximate surface area is 87.6 Å². The van der Waals surface area contributed by atoms with Gasteiger partial charge < -0.3 is 0 Å². The minimum Gasteiger partial charge on any atom is -0.212 e. The van der Waals surface area contributed by atoms with Gasteiger partial charge >= 0.3 is 0 Å². The Kier molecular flexibility index (Phi) is 4.34. The van der Waals surface area contributed by atoms with Gasteiger partial charge in [-0.25, -0.2) is 13.1 Å². The van der Waals surface area contributed by atoms with Gasteiger partial charge in [0.1, 0.15) is 0 Å². The van der Waals surface area contributed by atoms with E-state index in [9.17, 15) is 8.42 Å². The van der Waals surface area contributed by atoms with Crippen molar-refractivity contribution in [2.75, 3.05) is 0 Å². The highest BCUT2D eigenvalue weighted by Crippen LogP contribution is 2.16. The number of nitrogens with one attached hydrogen (secondary N) is 1. The minimum absolute atomic E-state index is 0.153. The highest BCUT2D eigenvalue weighted by atomic mass is 32.2. The highest BCUT2D eigenvalue weighted by molar-refractivity contribution is 7.90. The predicted octanol–water partition coefficient (Wildman–Crippen LogP) is 2.06. The van der Waals surface area contributed by atoms with Crippen molar-refractivity contribution in [3.63, 3.8) is 0 Å². The maximum atomic E-state index is 11.8. The van der Waals surface area contributed by atoms with Crippen LogP contribution in [0.3, 0.4) is 0 Å². The third-order valence-electron chi connectivity index (χ3n) is 2.11. The fourth-order valence-corrected chi connectivity index (χ4v) is 1.99. The van der Waals surface area contributed by atoms with E-state index < -0.39 is 14.8 Å². The summed E-state index contributed by atoms with van der Waals surface area (Å²) >= 11 is 0. The molecule has 1 atom stereocenters. The molecule has 0 aromatic carbocycles. The zero-order chi connectivity index (χ0) is 11.6. The molecule has 1 N–H and O–H groups in total. The molecule has 0 aromatic rings. The molecule has 14 heavy (non-hydrogen) atoms. The molecule has 0 heterocycles. The topological polar surface area (TPSA) is 46.2 Å². The smallest absolute Gasteiger partial charge is 0.212 e. The summed E-state index contributed by atoms with van der Waals surface area (Å²) in [7, 11) is -3.26. The summed E-state index contributed by atoms with van der Waals surface area (Å²) in [4.78, 5) is 0. The van der Waals surface area contributed by atoms with Crippen molar-refractivity contribution in [2.24, 2.45) is 0 Å². The fraction of sp³-hybridized carbons (Fsp3) is 0.800. The van der Waals surface area contributed by atoms with E-state index in [1.54, 1.807) is 20.8 Å². The molecule has 0 aliphatic carbocycles. The van der Waals surface area contributed by atoms with E-state index in [-0.39, 0.29) is 6.04 Å². The van der Waals surface area contributed by atoms with E-state index in [4.69, 9.17) is 0 Å². The molecule has 0 saturated carbocycles. The van der Waals surface area contributed by atoms with Crippen molar-refractivity contribution in [3.05, 3.63) is 12.2 Å². The summed E-state index contributed by atoms with van der Waals surface area (Å²) in [5.41, 5.74) is 0.848. The first-order valence-corrected chi connectivity index (χ1v) is 6.27. The molecule has 4 heteroatoms. The van der Waals surface area contributed by atoms with Crippen LogP contribution in [0.15, 0.2) is 12.2 Å². The summed E-state index contributed by atoms with van der Waals surface area (Å²) in [6, 6.07) is -0.153. The molecular formula is C10H21NO2S. The Morgan fingerprint density at radius 1 is 1.43 bits per heavy atom. The van der Waals surface area contributed by atoms with Crippen LogP contribution in [0.5, 0.6) is 0 Å². The third-order valence-corrected chi connectivity index (χ3v) is 4.31. The number of hydrogen-bond acceptors (Lipinski definition) is 2.